The first-order valence-corrected chi connectivity index (χ1v) is 8.62. The summed E-state index contributed by atoms with van der Waals surface area (Å²) in [5.74, 6) is -1.30. The molecule has 8 nitrogen and oxygen atoms in total. The number of urea groups is 1. The standard InChI is InChI=1S/C20H18FN3O5/c1-12-17(19(25)29-3)18(15-9-4-5-10-16(15)21)22(2)20(26)23(12)13-7-6-8-14(11-13)24(27)28/h4-11,18H,1-3H3/t18-/m1/s1. The molecule has 150 valence electrons. The third-order valence-corrected chi connectivity index (χ3v) is 4.78. The van der Waals surface area contributed by atoms with Gasteiger partial charge in [0.15, 0.2) is 0 Å². The predicted molar refractivity (Wildman–Crippen MR) is 103 cm³/mol. The van der Waals surface area contributed by atoms with Crippen molar-refractivity contribution in [1.29, 1.82) is 0 Å². The minimum atomic E-state index is -1.01. The van der Waals surface area contributed by atoms with Crippen LogP contribution in [0.2, 0.25) is 0 Å². The first-order chi connectivity index (χ1) is 13.8. The SMILES string of the molecule is COC(=O)C1=C(C)N(c2cccc([N+](=O)[O-])c2)C(=O)N(C)[C@@H]1c1ccccc1F. The van der Waals surface area contributed by atoms with Gasteiger partial charge in [-0.3, -0.25) is 15.0 Å². The lowest BCUT2D eigenvalue weighted by Crippen LogP contribution is -2.49. The lowest BCUT2D eigenvalue weighted by atomic mass is 9.93. The fourth-order valence-corrected chi connectivity index (χ4v) is 3.40. The van der Waals surface area contributed by atoms with Crippen molar-refractivity contribution in [3.63, 3.8) is 0 Å². The number of allylic oxidation sites excluding steroid dienone is 1. The van der Waals surface area contributed by atoms with Crippen LogP contribution in [0.15, 0.2) is 59.8 Å². The summed E-state index contributed by atoms with van der Waals surface area (Å²) in [5.41, 5.74) is 0.408. The van der Waals surface area contributed by atoms with Crippen molar-refractivity contribution >= 4 is 23.4 Å². The summed E-state index contributed by atoms with van der Waals surface area (Å²) in [6, 6.07) is 9.75. The monoisotopic (exact) mass is 399 g/mol. The number of nitrogens with zero attached hydrogens (tertiary/aromatic N) is 3. The number of non-ortho nitro benzene ring substituents is 1. The molecule has 0 saturated carbocycles. The Hall–Kier alpha value is -3.75. The number of hydrogen-bond donors (Lipinski definition) is 0. The van der Waals surface area contributed by atoms with Crippen molar-refractivity contribution in [3.05, 3.63) is 81.3 Å². The summed E-state index contributed by atoms with van der Waals surface area (Å²) in [7, 11) is 2.62. The van der Waals surface area contributed by atoms with Crippen LogP contribution >= 0.6 is 0 Å². The van der Waals surface area contributed by atoms with Crippen molar-refractivity contribution < 1.29 is 23.6 Å². The van der Waals surface area contributed by atoms with Gasteiger partial charge < -0.3 is 9.64 Å². The Morgan fingerprint density at radius 3 is 2.52 bits per heavy atom. The van der Waals surface area contributed by atoms with Crippen LogP contribution in [0.3, 0.4) is 0 Å². The van der Waals surface area contributed by atoms with E-state index < -0.39 is 28.8 Å². The van der Waals surface area contributed by atoms with Gasteiger partial charge in [-0.05, 0) is 19.1 Å². The van der Waals surface area contributed by atoms with E-state index in [0.717, 1.165) is 0 Å². The fourth-order valence-electron chi connectivity index (χ4n) is 3.40. The number of amides is 2. The molecule has 2 aromatic carbocycles. The number of ether oxygens (including phenoxy) is 1. The molecule has 0 radical (unpaired) electrons. The number of nitro groups is 1. The van der Waals surface area contributed by atoms with Crippen LogP contribution in [0.5, 0.6) is 0 Å². The molecular formula is C20H18FN3O5. The van der Waals surface area contributed by atoms with E-state index in [1.807, 2.05) is 0 Å². The van der Waals surface area contributed by atoms with E-state index in [1.54, 1.807) is 6.07 Å². The molecule has 0 aromatic heterocycles. The van der Waals surface area contributed by atoms with E-state index in [1.165, 1.54) is 73.3 Å². The zero-order valence-corrected chi connectivity index (χ0v) is 16.0. The van der Waals surface area contributed by atoms with Crippen LogP contribution in [0.4, 0.5) is 20.6 Å². The number of benzene rings is 2. The van der Waals surface area contributed by atoms with Gasteiger partial charge in [0.05, 0.1) is 29.3 Å². The molecular weight excluding hydrogens is 381 g/mol. The molecule has 1 aliphatic rings. The average molecular weight is 399 g/mol. The number of likely N-dealkylation sites (N-methyl/N-ethyl adjacent to an activating group) is 1. The average Bonchev–Trinajstić information content (AvgIpc) is 2.71. The maximum atomic E-state index is 14.5. The molecule has 0 bridgehead atoms. The van der Waals surface area contributed by atoms with Gasteiger partial charge in [-0.15, -0.1) is 0 Å². The van der Waals surface area contributed by atoms with Crippen LogP contribution in [0.1, 0.15) is 18.5 Å². The highest BCUT2D eigenvalue weighted by molar-refractivity contribution is 6.03. The first kappa shape index (κ1) is 20.0. The number of nitro benzene ring substituents is 1. The summed E-state index contributed by atoms with van der Waals surface area (Å²) in [5, 5.41) is 11.1. The van der Waals surface area contributed by atoms with Gasteiger partial charge in [-0.2, -0.15) is 0 Å². The number of hydrogen-bond acceptors (Lipinski definition) is 5. The summed E-state index contributed by atoms with van der Waals surface area (Å²) < 4.78 is 19.4. The number of carbonyl (C=O) groups excluding carboxylic acids is 2. The van der Waals surface area contributed by atoms with Crippen LogP contribution in [0.25, 0.3) is 0 Å². The normalized spacial score (nSPS) is 16.8. The lowest BCUT2D eigenvalue weighted by Gasteiger charge is -2.40. The molecule has 0 saturated heterocycles. The van der Waals surface area contributed by atoms with E-state index in [-0.39, 0.29) is 28.2 Å². The Morgan fingerprint density at radius 1 is 1.21 bits per heavy atom. The third kappa shape index (κ3) is 3.42. The number of methoxy groups -OCH3 is 1. The number of esters is 1. The van der Waals surface area contributed by atoms with Crippen LogP contribution in [0, 0.1) is 15.9 Å². The van der Waals surface area contributed by atoms with E-state index in [0.29, 0.717) is 0 Å². The Balaban J connectivity index is 2.24. The first-order valence-electron chi connectivity index (χ1n) is 8.62. The molecule has 2 amide bonds. The predicted octanol–water partition coefficient (Wildman–Crippen LogP) is 3.79. The van der Waals surface area contributed by atoms with E-state index in [2.05, 4.69) is 0 Å². The van der Waals surface area contributed by atoms with Crippen molar-refractivity contribution in [2.75, 3.05) is 19.1 Å². The molecule has 0 N–H and O–H groups in total. The molecule has 3 rings (SSSR count). The van der Waals surface area contributed by atoms with Gasteiger partial charge in [-0.25, -0.2) is 14.0 Å². The van der Waals surface area contributed by atoms with E-state index in [9.17, 15) is 24.1 Å². The Morgan fingerprint density at radius 2 is 1.90 bits per heavy atom. The van der Waals surface area contributed by atoms with Crippen LogP contribution in [-0.4, -0.2) is 36.0 Å². The second kappa shape index (κ2) is 7.70. The highest BCUT2D eigenvalue weighted by Crippen LogP contribution is 2.40. The lowest BCUT2D eigenvalue weighted by molar-refractivity contribution is -0.384. The Bertz CT molecular complexity index is 1040. The highest BCUT2D eigenvalue weighted by Gasteiger charge is 2.42. The third-order valence-electron chi connectivity index (χ3n) is 4.78. The number of anilines is 1. The quantitative estimate of drug-likeness (QED) is 0.443. The van der Waals surface area contributed by atoms with Gasteiger partial charge in [0.25, 0.3) is 5.69 Å². The number of halogens is 1. The molecule has 0 unspecified atom stereocenters. The van der Waals surface area contributed by atoms with Crippen molar-refractivity contribution in [2.24, 2.45) is 0 Å². The maximum absolute atomic E-state index is 14.5. The molecule has 1 atom stereocenters. The molecule has 29 heavy (non-hydrogen) atoms. The molecule has 0 spiro atoms. The minimum Gasteiger partial charge on any atom is -0.466 e. The number of carbonyl (C=O) groups is 2. The maximum Gasteiger partial charge on any atom is 0.338 e. The van der Waals surface area contributed by atoms with Crippen LogP contribution < -0.4 is 4.90 Å². The molecule has 0 aliphatic carbocycles. The zero-order chi connectivity index (χ0) is 21.3. The zero-order valence-electron chi connectivity index (χ0n) is 16.0. The molecule has 1 heterocycles. The smallest absolute Gasteiger partial charge is 0.338 e. The molecule has 9 heteroatoms. The summed E-state index contributed by atoms with van der Waals surface area (Å²) >= 11 is 0. The van der Waals surface area contributed by atoms with Gasteiger partial charge in [-0.1, -0.05) is 24.3 Å². The van der Waals surface area contributed by atoms with Crippen molar-refractivity contribution in [3.8, 4) is 0 Å². The van der Waals surface area contributed by atoms with E-state index in [4.69, 9.17) is 4.74 Å². The van der Waals surface area contributed by atoms with Crippen molar-refractivity contribution in [2.45, 2.75) is 13.0 Å². The van der Waals surface area contributed by atoms with Gasteiger partial charge >= 0.3 is 12.0 Å². The summed E-state index contributed by atoms with van der Waals surface area (Å²) in [4.78, 5) is 38.7. The fraction of sp³-hybridized carbons (Fsp3) is 0.200. The second-order valence-corrected chi connectivity index (χ2v) is 6.42. The molecule has 0 fully saturated rings. The van der Waals surface area contributed by atoms with Gasteiger partial charge in [0.2, 0.25) is 0 Å². The van der Waals surface area contributed by atoms with Gasteiger partial charge in [0.1, 0.15) is 5.82 Å². The topological polar surface area (TPSA) is 93.0 Å². The van der Waals surface area contributed by atoms with Crippen LogP contribution in [-0.2, 0) is 9.53 Å². The molecule has 1 aliphatic heterocycles. The van der Waals surface area contributed by atoms with Gasteiger partial charge in [0, 0.05) is 30.4 Å². The van der Waals surface area contributed by atoms with E-state index >= 15 is 0 Å². The Kier molecular flexibility index (Phi) is 5.31. The second-order valence-electron chi connectivity index (χ2n) is 6.42. The highest BCUT2D eigenvalue weighted by atomic mass is 19.1. The van der Waals surface area contributed by atoms with Crippen molar-refractivity contribution in [1.82, 2.24) is 4.90 Å². The largest absolute Gasteiger partial charge is 0.466 e. The molecule has 2 aromatic rings. The summed E-state index contributed by atoms with van der Waals surface area (Å²) in [6.07, 6.45) is 0. The minimum absolute atomic E-state index is 0.0613. The Labute approximate surface area is 165 Å². The summed E-state index contributed by atoms with van der Waals surface area (Å²) in [6.45, 7) is 1.52. The number of rotatable bonds is 4.